The Kier molecular flexibility index (Phi) is 8.11. The number of benzene rings is 2. The summed E-state index contributed by atoms with van der Waals surface area (Å²) in [6, 6.07) is 9.55. The molecule has 9 nitrogen and oxygen atoms in total. The molecule has 230 valence electrons. The number of anilines is 1. The summed E-state index contributed by atoms with van der Waals surface area (Å²) in [5, 5.41) is 6.35. The number of piperidine rings is 1. The minimum atomic E-state index is -3.86. The van der Waals surface area contributed by atoms with Crippen molar-refractivity contribution in [2.24, 2.45) is 5.92 Å². The minimum absolute atomic E-state index is 0.0141. The second kappa shape index (κ2) is 11.7. The molecule has 3 N–H and O–H groups in total. The van der Waals surface area contributed by atoms with Gasteiger partial charge >= 0.3 is 0 Å². The van der Waals surface area contributed by atoms with Crippen LogP contribution in [-0.2, 0) is 25.2 Å². The van der Waals surface area contributed by atoms with Gasteiger partial charge in [-0.05, 0) is 81.5 Å². The van der Waals surface area contributed by atoms with Crippen LogP contribution in [0.3, 0.4) is 0 Å². The van der Waals surface area contributed by atoms with Crippen LogP contribution in [0.5, 0.6) is 0 Å². The number of hydrogen-bond acceptors (Lipinski definition) is 5. The topological polar surface area (TPSA) is 128 Å². The molecular weight excluding hydrogens is 623 g/mol. The second-order valence-corrected chi connectivity index (χ2v) is 14.5. The van der Waals surface area contributed by atoms with Crippen LogP contribution < -0.4 is 10.6 Å². The maximum atomic E-state index is 13.7. The molecule has 0 spiro atoms. The van der Waals surface area contributed by atoms with Gasteiger partial charge in [0.05, 0.1) is 27.7 Å². The molecule has 0 bridgehead atoms. The largest absolute Gasteiger partial charge is 0.358 e. The van der Waals surface area contributed by atoms with Gasteiger partial charge in [-0.1, -0.05) is 29.3 Å². The fourth-order valence-corrected chi connectivity index (χ4v) is 8.03. The van der Waals surface area contributed by atoms with E-state index >= 15 is 0 Å². The van der Waals surface area contributed by atoms with Crippen molar-refractivity contribution in [1.29, 1.82) is 0 Å². The van der Waals surface area contributed by atoms with Crippen LogP contribution >= 0.6 is 23.2 Å². The lowest BCUT2D eigenvalue weighted by Crippen LogP contribution is -2.46. The molecule has 3 amide bonds. The Balaban J connectivity index is 1.27. The number of H-pyrrole nitrogens is 1. The highest BCUT2D eigenvalue weighted by molar-refractivity contribution is 7.90. The number of sulfone groups is 1. The predicted molar refractivity (Wildman–Crippen MR) is 170 cm³/mol. The summed E-state index contributed by atoms with van der Waals surface area (Å²) in [4.78, 5) is 44.4. The lowest BCUT2D eigenvalue weighted by molar-refractivity contribution is -0.126. The molecule has 1 saturated carbocycles. The first-order valence-electron chi connectivity index (χ1n) is 14.5. The van der Waals surface area contributed by atoms with E-state index in [1.807, 2.05) is 6.92 Å². The monoisotopic (exact) mass is 654 g/mol. The van der Waals surface area contributed by atoms with Crippen LogP contribution in [0.1, 0.15) is 64.1 Å². The summed E-state index contributed by atoms with van der Waals surface area (Å²) < 4.78 is 26.8. The third-order valence-electron chi connectivity index (χ3n) is 8.51. The molecule has 1 aliphatic carbocycles. The second-order valence-electron chi connectivity index (χ2n) is 11.7. The smallest absolute Gasteiger partial charge is 0.256 e. The van der Waals surface area contributed by atoms with Crippen LogP contribution in [0.4, 0.5) is 5.69 Å². The SMILES string of the molecule is Cc1[nH]c(/C=C2\C(=O)Nc3ccc(S(=O)(=O)Cc4c(Cl)cccc4Cl)cc32)c(C)c1C(=O)N1CCCC(C(=O)NC2CC2)C1. The van der Waals surface area contributed by atoms with Gasteiger partial charge in [0.15, 0.2) is 9.84 Å². The number of likely N-dealkylation sites (tertiary alicyclic amines) is 1. The van der Waals surface area contributed by atoms with E-state index in [1.54, 1.807) is 42.2 Å². The number of aromatic amines is 1. The van der Waals surface area contributed by atoms with Gasteiger partial charge in [0.25, 0.3) is 11.8 Å². The van der Waals surface area contributed by atoms with Crippen molar-refractivity contribution < 1.29 is 22.8 Å². The van der Waals surface area contributed by atoms with Crippen LogP contribution in [0, 0.1) is 19.8 Å². The number of amides is 3. The van der Waals surface area contributed by atoms with Gasteiger partial charge in [-0.15, -0.1) is 0 Å². The van der Waals surface area contributed by atoms with Crippen LogP contribution in [-0.4, -0.2) is 55.2 Å². The molecule has 6 rings (SSSR count). The van der Waals surface area contributed by atoms with Crippen LogP contribution in [0.25, 0.3) is 11.6 Å². The molecule has 3 aliphatic rings. The van der Waals surface area contributed by atoms with E-state index < -0.39 is 15.6 Å². The average Bonchev–Trinajstić information content (AvgIpc) is 3.69. The zero-order valence-corrected chi connectivity index (χ0v) is 26.6. The Labute approximate surface area is 265 Å². The van der Waals surface area contributed by atoms with Crippen molar-refractivity contribution in [3.8, 4) is 0 Å². The van der Waals surface area contributed by atoms with Gasteiger partial charge in [-0.2, -0.15) is 0 Å². The Morgan fingerprint density at radius 3 is 2.52 bits per heavy atom. The molecule has 12 heteroatoms. The summed E-state index contributed by atoms with van der Waals surface area (Å²) in [5.74, 6) is -1.16. The predicted octanol–water partition coefficient (Wildman–Crippen LogP) is 5.54. The van der Waals surface area contributed by atoms with Gasteiger partial charge < -0.3 is 20.5 Å². The molecule has 1 saturated heterocycles. The van der Waals surface area contributed by atoms with Crippen molar-refractivity contribution in [2.75, 3.05) is 18.4 Å². The molecule has 2 fully saturated rings. The van der Waals surface area contributed by atoms with E-state index in [4.69, 9.17) is 23.2 Å². The number of rotatable bonds is 7. The molecule has 44 heavy (non-hydrogen) atoms. The number of hydrogen-bond donors (Lipinski definition) is 3. The number of aromatic nitrogens is 1. The lowest BCUT2D eigenvalue weighted by Gasteiger charge is -2.32. The normalized spacial score (nSPS) is 19.2. The van der Waals surface area contributed by atoms with E-state index in [0.29, 0.717) is 52.4 Å². The summed E-state index contributed by atoms with van der Waals surface area (Å²) >= 11 is 12.5. The molecule has 0 radical (unpaired) electrons. The molecule has 2 aliphatic heterocycles. The van der Waals surface area contributed by atoms with Crippen molar-refractivity contribution in [2.45, 2.75) is 56.2 Å². The summed E-state index contributed by atoms with van der Waals surface area (Å²) in [5.41, 5.74) is 3.88. The number of nitrogens with one attached hydrogen (secondary N) is 3. The number of carbonyl (C=O) groups is 3. The number of nitrogens with zero attached hydrogens (tertiary/aromatic N) is 1. The van der Waals surface area contributed by atoms with E-state index in [0.717, 1.165) is 25.7 Å². The van der Waals surface area contributed by atoms with E-state index in [1.165, 1.54) is 12.1 Å². The van der Waals surface area contributed by atoms with Crippen LogP contribution in [0.2, 0.25) is 10.0 Å². The number of aryl methyl sites for hydroxylation is 1. The minimum Gasteiger partial charge on any atom is -0.358 e. The fourth-order valence-electron chi connectivity index (χ4n) is 5.91. The summed E-state index contributed by atoms with van der Waals surface area (Å²) in [6.07, 6.45) is 5.17. The van der Waals surface area contributed by atoms with Gasteiger partial charge in [0.1, 0.15) is 0 Å². The number of halogens is 2. The molecule has 3 aromatic rings. The Morgan fingerprint density at radius 1 is 1.09 bits per heavy atom. The standard InChI is InChI=1S/C32H32Cl2N4O5S/c1-17-28(35-18(2)29(17)32(41)38-12-4-5-19(15-38)30(39)36-20-8-9-20)14-23-22-13-21(10-11-27(22)37-31(23)40)44(42,43)16-24-25(33)6-3-7-26(24)34/h3,6-7,10-11,13-14,19-20,35H,4-5,8-9,12,15-16H2,1-2H3,(H,36,39)(H,37,40)/b23-14-. The zero-order chi connectivity index (χ0) is 31.3. The third kappa shape index (κ3) is 5.90. The maximum Gasteiger partial charge on any atom is 0.256 e. The van der Waals surface area contributed by atoms with Gasteiger partial charge in [0.2, 0.25) is 5.91 Å². The molecule has 1 aromatic heterocycles. The Hall–Kier alpha value is -3.60. The molecule has 2 aromatic carbocycles. The van der Waals surface area contributed by atoms with Gasteiger partial charge in [0, 0.05) is 57.4 Å². The van der Waals surface area contributed by atoms with E-state index in [9.17, 15) is 22.8 Å². The first kappa shape index (κ1) is 30.4. The molecule has 1 atom stereocenters. The van der Waals surface area contributed by atoms with E-state index in [-0.39, 0.29) is 50.2 Å². The quantitative estimate of drug-likeness (QED) is 0.288. The van der Waals surface area contributed by atoms with Crippen LogP contribution in [0.15, 0.2) is 41.3 Å². The summed E-state index contributed by atoms with van der Waals surface area (Å²) in [6.45, 7) is 4.55. The lowest BCUT2D eigenvalue weighted by atomic mass is 9.96. The average molecular weight is 656 g/mol. The van der Waals surface area contributed by atoms with Gasteiger partial charge in [-0.25, -0.2) is 8.42 Å². The molecule has 3 heterocycles. The Bertz CT molecular complexity index is 1820. The Morgan fingerprint density at radius 2 is 1.82 bits per heavy atom. The van der Waals surface area contributed by atoms with Gasteiger partial charge in [-0.3, -0.25) is 14.4 Å². The highest BCUT2D eigenvalue weighted by atomic mass is 35.5. The number of carbonyl (C=O) groups excluding carboxylic acids is 3. The highest BCUT2D eigenvalue weighted by Gasteiger charge is 2.34. The molecular formula is C32H32Cl2N4O5S. The summed E-state index contributed by atoms with van der Waals surface area (Å²) in [7, 11) is -3.86. The van der Waals surface area contributed by atoms with Crippen molar-refractivity contribution in [3.05, 3.63) is 80.1 Å². The first-order chi connectivity index (χ1) is 20.9. The van der Waals surface area contributed by atoms with Crippen molar-refractivity contribution in [1.82, 2.24) is 15.2 Å². The highest BCUT2D eigenvalue weighted by Crippen LogP contribution is 2.37. The van der Waals surface area contributed by atoms with Crippen molar-refractivity contribution in [3.63, 3.8) is 0 Å². The van der Waals surface area contributed by atoms with E-state index in [2.05, 4.69) is 15.6 Å². The fraction of sp³-hybridized carbons (Fsp3) is 0.344. The third-order valence-corrected chi connectivity index (χ3v) is 10.9. The zero-order valence-electron chi connectivity index (χ0n) is 24.3. The first-order valence-corrected chi connectivity index (χ1v) is 17.0. The number of fused-ring (bicyclic) bond motifs is 1. The van der Waals surface area contributed by atoms with Crippen molar-refractivity contribution >= 4 is 68.1 Å². The molecule has 1 unspecified atom stereocenters. The maximum absolute atomic E-state index is 13.7.